The summed E-state index contributed by atoms with van der Waals surface area (Å²) < 4.78 is 10.4. The number of methoxy groups -OCH3 is 1. The van der Waals surface area contributed by atoms with E-state index in [4.69, 9.17) is 21.1 Å². The third-order valence-electron chi connectivity index (χ3n) is 2.66. The highest BCUT2D eigenvalue weighted by Crippen LogP contribution is 2.16. The molecule has 0 atom stereocenters. The smallest absolute Gasteiger partial charge is 0.277 e. The van der Waals surface area contributed by atoms with Crippen molar-refractivity contribution in [2.45, 2.75) is 0 Å². The van der Waals surface area contributed by atoms with Gasteiger partial charge in [0.15, 0.2) is 6.61 Å². The zero-order valence-corrected chi connectivity index (χ0v) is 12.7. The molecule has 1 amide bonds. The highest BCUT2D eigenvalue weighted by molar-refractivity contribution is 6.30. The first-order chi connectivity index (χ1) is 10.7. The number of nitrogens with one attached hydrogen (secondary N) is 1. The molecule has 1 N–H and O–H groups in total. The number of rotatable bonds is 6. The molecule has 114 valence electrons. The Kier molecular flexibility index (Phi) is 5.80. The van der Waals surface area contributed by atoms with Crippen molar-refractivity contribution in [1.29, 1.82) is 0 Å². The van der Waals surface area contributed by atoms with Crippen LogP contribution in [-0.2, 0) is 4.79 Å². The van der Waals surface area contributed by atoms with Gasteiger partial charge in [-0.25, -0.2) is 5.43 Å². The third-order valence-corrected chi connectivity index (χ3v) is 2.90. The second-order valence-electron chi connectivity index (χ2n) is 4.32. The van der Waals surface area contributed by atoms with Crippen molar-refractivity contribution in [2.75, 3.05) is 13.7 Å². The highest BCUT2D eigenvalue weighted by Gasteiger charge is 2.01. The number of ether oxygens (including phenoxy) is 2. The van der Waals surface area contributed by atoms with Crippen LogP contribution in [0.4, 0.5) is 0 Å². The van der Waals surface area contributed by atoms with Crippen LogP contribution in [-0.4, -0.2) is 25.8 Å². The minimum atomic E-state index is -0.362. The summed E-state index contributed by atoms with van der Waals surface area (Å²) in [7, 11) is 1.59. The molecule has 5 nitrogen and oxygen atoms in total. The van der Waals surface area contributed by atoms with Crippen LogP contribution < -0.4 is 14.9 Å². The molecule has 0 spiro atoms. The predicted molar refractivity (Wildman–Crippen MR) is 85.7 cm³/mol. The Morgan fingerprint density at radius 2 is 2.00 bits per heavy atom. The summed E-state index contributed by atoms with van der Waals surface area (Å²) in [4.78, 5) is 11.6. The van der Waals surface area contributed by atoms with Gasteiger partial charge in [-0.05, 0) is 35.9 Å². The summed E-state index contributed by atoms with van der Waals surface area (Å²) >= 11 is 5.82. The maximum absolute atomic E-state index is 11.6. The van der Waals surface area contributed by atoms with Crippen LogP contribution in [0.25, 0.3) is 0 Å². The van der Waals surface area contributed by atoms with E-state index in [9.17, 15) is 4.79 Å². The van der Waals surface area contributed by atoms with E-state index in [1.165, 1.54) is 6.21 Å². The van der Waals surface area contributed by atoms with Crippen molar-refractivity contribution >= 4 is 23.7 Å². The first-order valence-electron chi connectivity index (χ1n) is 6.52. The molecule has 2 aromatic rings. The van der Waals surface area contributed by atoms with Gasteiger partial charge in [0.2, 0.25) is 0 Å². The Morgan fingerprint density at radius 3 is 2.77 bits per heavy atom. The van der Waals surface area contributed by atoms with Crippen LogP contribution in [0, 0.1) is 0 Å². The summed E-state index contributed by atoms with van der Waals surface area (Å²) in [5.74, 6) is 0.887. The lowest BCUT2D eigenvalue weighted by Crippen LogP contribution is -2.24. The van der Waals surface area contributed by atoms with Crippen molar-refractivity contribution < 1.29 is 14.3 Å². The summed E-state index contributed by atoms with van der Waals surface area (Å²) in [6, 6.07) is 14.1. The second-order valence-corrected chi connectivity index (χ2v) is 4.75. The van der Waals surface area contributed by atoms with Gasteiger partial charge >= 0.3 is 0 Å². The van der Waals surface area contributed by atoms with Gasteiger partial charge in [0.05, 0.1) is 13.3 Å². The molecular formula is C16H15ClN2O3. The Hall–Kier alpha value is -2.53. The van der Waals surface area contributed by atoms with Gasteiger partial charge in [-0.2, -0.15) is 5.10 Å². The van der Waals surface area contributed by atoms with E-state index in [-0.39, 0.29) is 12.5 Å². The standard InChI is InChI=1S/C16H15ClN2O3/c1-21-14-6-2-4-12(8-14)10-18-19-16(20)11-22-15-7-3-5-13(17)9-15/h2-10H,11H2,1H3,(H,19,20)/b18-10-. The lowest BCUT2D eigenvalue weighted by Gasteiger charge is -2.05. The van der Waals surface area contributed by atoms with E-state index >= 15 is 0 Å². The number of benzene rings is 2. The molecule has 0 radical (unpaired) electrons. The Morgan fingerprint density at radius 1 is 1.23 bits per heavy atom. The van der Waals surface area contributed by atoms with Crippen LogP contribution in [0.1, 0.15) is 5.56 Å². The van der Waals surface area contributed by atoms with Crippen molar-refractivity contribution in [3.8, 4) is 11.5 Å². The van der Waals surface area contributed by atoms with E-state index in [0.717, 1.165) is 11.3 Å². The van der Waals surface area contributed by atoms with Crippen LogP contribution in [0.2, 0.25) is 5.02 Å². The lowest BCUT2D eigenvalue weighted by molar-refractivity contribution is -0.123. The number of amides is 1. The third kappa shape index (κ3) is 5.10. The van der Waals surface area contributed by atoms with E-state index in [1.54, 1.807) is 37.4 Å². The number of hydrogen-bond acceptors (Lipinski definition) is 4. The van der Waals surface area contributed by atoms with Crippen LogP contribution in [0.15, 0.2) is 53.6 Å². The summed E-state index contributed by atoms with van der Waals surface area (Å²) in [5.41, 5.74) is 3.20. The van der Waals surface area contributed by atoms with E-state index in [2.05, 4.69) is 10.5 Å². The fourth-order valence-corrected chi connectivity index (χ4v) is 1.82. The number of nitrogens with zero attached hydrogens (tertiary/aromatic N) is 1. The normalized spacial score (nSPS) is 10.5. The molecular weight excluding hydrogens is 304 g/mol. The van der Waals surface area contributed by atoms with Crippen molar-refractivity contribution in [1.82, 2.24) is 5.43 Å². The Balaban J connectivity index is 1.81. The van der Waals surface area contributed by atoms with Gasteiger partial charge in [0, 0.05) is 5.02 Å². The minimum absolute atomic E-state index is 0.143. The molecule has 0 aromatic heterocycles. The van der Waals surface area contributed by atoms with Crippen molar-refractivity contribution in [3.63, 3.8) is 0 Å². The first kappa shape index (κ1) is 15.9. The topological polar surface area (TPSA) is 59.9 Å². The summed E-state index contributed by atoms with van der Waals surface area (Å²) in [6.07, 6.45) is 1.53. The van der Waals surface area contributed by atoms with Gasteiger partial charge < -0.3 is 9.47 Å². The average Bonchev–Trinajstić information content (AvgIpc) is 2.53. The molecule has 0 aliphatic rings. The molecule has 0 bridgehead atoms. The fourth-order valence-electron chi connectivity index (χ4n) is 1.64. The number of hydrogen-bond donors (Lipinski definition) is 1. The number of hydrazone groups is 1. The highest BCUT2D eigenvalue weighted by atomic mass is 35.5. The minimum Gasteiger partial charge on any atom is -0.497 e. The SMILES string of the molecule is COc1cccc(/C=N\NC(=O)COc2cccc(Cl)c2)c1. The molecule has 0 saturated carbocycles. The zero-order valence-electron chi connectivity index (χ0n) is 12.0. The largest absolute Gasteiger partial charge is 0.497 e. The van der Waals surface area contributed by atoms with Gasteiger partial charge in [0.25, 0.3) is 5.91 Å². The first-order valence-corrected chi connectivity index (χ1v) is 6.89. The van der Waals surface area contributed by atoms with Crippen molar-refractivity contribution in [2.24, 2.45) is 5.10 Å². The molecule has 2 rings (SSSR count). The van der Waals surface area contributed by atoms with Gasteiger partial charge in [-0.1, -0.05) is 29.8 Å². The summed E-state index contributed by atoms with van der Waals surface area (Å²) in [6.45, 7) is -0.143. The second kappa shape index (κ2) is 8.05. The summed E-state index contributed by atoms with van der Waals surface area (Å²) in [5, 5.41) is 4.41. The Labute approximate surface area is 133 Å². The van der Waals surface area contributed by atoms with Gasteiger partial charge in [0.1, 0.15) is 11.5 Å². The monoisotopic (exact) mass is 318 g/mol. The van der Waals surface area contributed by atoms with E-state index < -0.39 is 0 Å². The maximum Gasteiger partial charge on any atom is 0.277 e. The average molecular weight is 319 g/mol. The van der Waals surface area contributed by atoms with Crippen LogP contribution in [0.3, 0.4) is 0 Å². The van der Waals surface area contributed by atoms with Crippen LogP contribution >= 0.6 is 11.6 Å². The molecule has 6 heteroatoms. The van der Waals surface area contributed by atoms with E-state index in [0.29, 0.717) is 10.8 Å². The maximum atomic E-state index is 11.6. The molecule has 2 aromatic carbocycles. The number of carbonyl (C=O) groups excluding carboxylic acids is 1. The molecule has 0 saturated heterocycles. The fraction of sp³-hybridized carbons (Fsp3) is 0.125. The van der Waals surface area contributed by atoms with Crippen molar-refractivity contribution in [3.05, 3.63) is 59.1 Å². The van der Waals surface area contributed by atoms with Gasteiger partial charge in [-0.15, -0.1) is 0 Å². The Bertz CT molecular complexity index is 674. The lowest BCUT2D eigenvalue weighted by atomic mass is 10.2. The quantitative estimate of drug-likeness (QED) is 0.658. The molecule has 22 heavy (non-hydrogen) atoms. The molecule has 0 heterocycles. The van der Waals surface area contributed by atoms with Crippen LogP contribution in [0.5, 0.6) is 11.5 Å². The number of carbonyl (C=O) groups is 1. The number of halogens is 1. The molecule has 0 unspecified atom stereocenters. The predicted octanol–water partition coefficient (Wildman–Crippen LogP) is 2.88. The van der Waals surface area contributed by atoms with Gasteiger partial charge in [-0.3, -0.25) is 4.79 Å². The van der Waals surface area contributed by atoms with E-state index in [1.807, 2.05) is 18.2 Å². The zero-order chi connectivity index (χ0) is 15.8. The molecule has 0 fully saturated rings. The molecule has 0 aliphatic carbocycles. The molecule has 0 aliphatic heterocycles.